The standard InChI is InChI=1S/C19H22N4O3/c1-4-5-8-11-23-18(24)14(12-20)13(2)17(19(23)25)22-21-15-9-6-7-10-16(15)26-3/h6-7,9-10,24H,4-5,8,11H2,1-3H3. The normalized spacial score (nSPS) is 10.8. The molecule has 0 aliphatic rings. The first-order valence-electron chi connectivity index (χ1n) is 8.46. The van der Waals surface area contributed by atoms with Crippen LogP contribution in [-0.2, 0) is 6.54 Å². The Morgan fingerprint density at radius 3 is 2.65 bits per heavy atom. The van der Waals surface area contributed by atoms with Gasteiger partial charge in [-0.1, -0.05) is 31.9 Å². The molecule has 1 heterocycles. The number of hydrogen-bond acceptors (Lipinski definition) is 6. The summed E-state index contributed by atoms with van der Waals surface area (Å²) in [6.07, 6.45) is 2.62. The number of aromatic nitrogens is 1. The van der Waals surface area contributed by atoms with Crippen LogP contribution in [0.15, 0.2) is 39.3 Å². The highest BCUT2D eigenvalue weighted by molar-refractivity contribution is 5.57. The largest absolute Gasteiger partial charge is 0.494 e. The minimum absolute atomic E-state index is 0.0371. The van der Waals surface area contributed by atoms with Crippen molar-refractivity contribution in [3.05, 3.63) is 45.7 Å². The van der Waals surface area contributed by atoms with Crippen LogP contribution in [0, 0.1) is 18.3 Å². The van der Waals surface area contributed by atoms with E-state index >= 15 is 0 Å². The van der Waals surface area contributed by atoms with Crippen molar-refractivity contribution < 1.29 is 9.84 Å². The maximum absolute atomic E-state index is 12.8. The molecular formula is C19H22N4O3. The van der Waals surface area contributed by atoms with Crippen LogP contribution < -0.4 is 10.3 Å². The summed E-state index contributed by atoms with van der Waals surface area (Å²) in [7, 11) is 1.52. The number of aromatic hydroxyl groups is 1. The van der Waals surface area contributed by atoms with Crippen molar-refractivity contribution in [2.45, 2.75) is 39.7 Å². The van der Waals surface area contributed by atoms with Crippen LogP contribution in [0.1, 0.15) is 37.3 Å². The van der Waals surface area contributed by atoms with Gasteiger partial charge >= 0.3 is 0 Å². The van der Waals surface area contributed by atoms with E-state index in [0.29, 0.717) is 23.5 Å². The summed E-state index contributed by atoms with van der Waals surface area (Å²) in [5, 5.41) is 27.8. The van der Waals surface area contributed by atoms with Crippen LogP contribution >= 0.6 is 0 Å². The van der Waals surface area contributed by atoms with E-state index in [-0.39, 0.29) is 17.1 Å². The fourth-order valence-electron chi connectivity index (χ4n) is 2.60. The van der Waals surface area contributed by atoms with Crippen molar-refractivity contribution >= 4 is 11.4 Å². The summed E-state index contributed by atoms with van der Waals surface area (Å²) < 4.78 is 6.41. The van der Waals surface area contributed by atoms with Crippen LogP contribution in [0.3, 0.4) is 0 Å². The zero-order valence-corrected chi connectivity index (χ0v) is 15.2. The van der Waals surface area contributed by atoms with Gasteiger partial charge < -0.3 is 9.84 Å². The van der Waals surface area contributed by atoms with E-state index in [1.807, 2.05) is 13.0 Å². The first kappa shape index (κ1) is 19.2. The van der Waals surface area contributed by atoms with Crippen molar-refractivity contribution in [3.8, 4) is 17.7 Å². The molecule has 7 nitrogen and oxygen atoms in total. The summed E-state index contributed by atoms with van der Waals surface area (Å²) in [4.78, 5) is 12.8. The number of benzene rings is 1. The number of azo groups is 1. The SMILES string of the molecule is CCCCCn1c(O)c(C#N)c(C)c(N=Nc2ccccc2OC)c1=O. The third kappa shape index (κ3) is 3.91. The summed E-state index contributed by atoms with van der Waals surface area (Å²) in [5.74, 6) is 0.207. The molecule has 26 heavy (non-hydrogen) atoms. The van der Waals surface area contributed by atoms with Gasteiger partial charge in [-0.3, -0.25) is 9.36 Å². The van der Waals surface area contributed by atoms with Crippen molar-refractivity contribution in [2.24, 2.45) is 10.2 Å². The molecule has 2 rings (SSSR count). The first-order chi connectivity index (χ1) is 12.5. The second-order valence-corrected chi connectivity index (χ2v) is 5.82. The molecule has 0 fully saturated rings. The van der Waals surface area contributed by atoms with Crippen LogP contribution in [0.4, 0.5) is 11.4 Å². The highest BCUT2D eigenvalue weighted by Gasteiger charge is 2.19. The van der Waals surface area contributed by atoms with Gasteiger partial charge in [0.15, 0.2) is 5.69 Å². The zero-order valence-electron chi connectivity index (χ0n) is 15.2. The Morgan fingerprint density at radius 2 is 2.00 bits per heavy atom. The molecule has 0 unspecified atom stereocenters. The summed E-state index contributed by atoms with van der Waals surface area (Å²) >= 11 is 0. The van der Waals surface area contributed by atoms with E-state index < -0.39 is 5.56 Å². The second kappa shape index (κ2) is 8.81. The van der Waals surface area contributed by atoms with Crippen LogP contribution in [0.5, 0.6) is 11.6 Å². The molecule has 1 aromatic heterocycles. The van der Waals surface area contributed by atoms with Gasteiger partial charge in [-0.25, -0.2) is 0 Å². The molecule has 2 aromatic rings. The molecule has 0 atom stereocenters. The van der Waals surface area contributed by atoms with Gasteiger partial charge in [-0.2, -0.15) is 5.26 Å². The Labute approximate surface area is 152 Å². The summed E-state index contributed by atoms with van der Waals surface area (Å²) in [5.41, 5.74) is 0.392. The topological polar surface area (TPSA) is 100.0 Å². The molecule has 0 saturated carbocycles. The van der Waals surface area contributed by atoms with Gasteiger partial charge in [0.05, 0.1) is 7.11 Å². The number of nitriles is 1. The second-order valence-electron chi connectivity index (χ2n) is 5.82. The highest BCUT2D eigenvalue weighted by atomic mass is 16.5. The number of unbranched alkanes of at least 4 members (excludes halogenated alkanes) is 2. The van der Waals surface area contributed by atoms with E-state index in [9.17, 15) is 15.2 Å². The average molecular weight is 354 g/mol. The molecule has 0 amide bonds. The number of rotatable bonds is 7. The van der Waals surface area contributed by atoms with E-state index in [1.54, 1.807) is 31.2 Å². The van der Waals surface area contributed by atoms with Gasteiger partial charge in [-0.15, -0.1) is 10.2 Å². The molecule has 0 saturated heterocycles. The molecule has 7 heteroatoms. The fraction of sp³-hybridized carbons (Fsp3) is 0.368. The van der Waals surface area contributed by atoms with Crippen LogP contribution in [0.25, 0.3) is 0 Å². The lowest BCUT2D eigenvalue weighted by atomic mass is 10.1. The predicted octanol–water partition coefficient (Wildman–Crippen LogP) is 4.35. The average Bonchev–Trinajstić information content (AvgIpc) is 2.65. The number of hydrogen-bond donors (Lipinski definition) is 1. The van der Waals surface area contributed by atoms with E-state index in [0.717, 1.165) is 19.3 Å². The molecule has 0 aliphatic heterocycles. The highest BCUT2D eigenvalue weighted by Crippen LogP contribution is 2.30. The van der Waals surface area contributed by atoms with Crippen molar-refractivity contribution in [3.63, 3.8) is 0 Å². The van der Waals surface area contributed by atoms with Gasteiger partial charge in [0.1, 0.15) is 23.1 Å². The summed E-state index contributed by atoms with van der Waals surface area (Å²) in [6.45, 7) is 3.95. The molecule has 1 N–H and O–H groups in total. The Hall–Kier alpha value is -3.14. The Balaban J connectivity index is 2.54. The van der Waals surface area contributed by atoms with E-state index in [2.05, 4.69) is 10.2 Å². The smallest absolute Gasteiger partial charge is 0.281 e. The molecule has 1 aromatic carbocycles. The van der Waals surface area contributed by atoms with Crippen LogP contribution in [0.2, 0.25) is 0 Å². The lowest BCUT2D eigenvalue weighted by Crippen LogP contribution is -2.22. The minimum Gasteiger partial charge on any atom is -0.494 e. The number of ether oxygens (including phenoxy) is 1. The lowest BCUT2D eigenvalue weighted by molar-refractivity contribution is 0.398. The number of methoxy groups -OCH3 is 1. The monoisotopic (exact) mass is 354 g/mol. The minimum atomic E-state index is -0.464. The maximum atomic E-state index is 12.8. The lowest BCUT2D eigenvalue weighted by Gasteiger charge is -2.12. The zero-order chi connectivity index (χ0) is 19.1. The first-order valence-corrected chi connectivity index (χ1v) is 8.46. The van der Waals surface area contributed by atoms with E-state index in [4.69, 9.17) is 4.74 Å². The van der Waals surface area contributed by atoms with Gasteiger partial charge in [-0.05, 0) is 25.5 Å². The fourth-order valence-corrected chi connectivity index (χ4v) is 2.60. The summed E-state index contributed by atoms with van der Waals surface area (Å²) in [6, 6.07) is 8.98. The Kier molecular flexibility index (Phi) is 6.50. The van der Waals surface area contributed by atoms with E-state index in [1.165, 1.54) is 11.7 Å². The van der Waals surface area contributed by atoms with Crippen molar-refractivity contribution in [1.29, 1.82) is 5.26 Å². The third-order valence-electron chi connectivity index (χ3n) is 4.10. The third-order valence-corrected chi connectivity index (χ3v) is 4.10. The molecular weight excluding hydrogens is 332 g/mol. The van der Waals surface area contributed by atoms with Gasteiger partial charge in [0.2, 0.25) is 5.88 Å². The van der Waals surface area contributed by atoms with Gasteiger partial charge in [0.25, 0.3) is 5.56 Å². The number of pyridine rings is 1. The number of para-hydroxylation sites is 1. The van der Waals surface area contributed by atoms with Gasteiger partial charge in [0, 0.05) is 12.1 Å². The Bertz CT molecular complexity index is 910. The molecule has 0 aliphatic carbocycles. The quantitative estimate of drug-likeness (QED) is 0.590. The molecule has 136 valence electrons. The molecule has 0 radical (unpaired) electrons. The molecule has 0 spiro atoms. The maximum Gasteiger partial charge on any atom is 0.281 e. The predicted molar refractivity (Wildman–Crippen MR) is 98.5 cm³/mol. The Morgan fingerprint density at radius 1 is 1.27 bits per heavy atom. The number of nitrogens with zero attached hydrogens (tertiary/aromatic N) is 4. The molecule has 0 bridgehead atoms. The van der Waals surface area contributed by atoms with Crippen molar-refractivity contribution in [2.75, 3.05) is 7.11 Å². The van der Waals surface area contributed by atoms with Crippen molar-refractivity contribution in [1.82, 2.24) is 4.57 Å². The van der Waals surface area contributed by atoms with Crippen LogP contribution in [-0.4, -0.2) is 16.8 Å².